The quantitative estimate of drug-likeness (QED) is 0.139. The second-order valence-corrected chi connectivity index (χ2v) is 14.8. The van der Waals surface area contributed by atoms with E-state index in [0.717, 1.165) is 22.4 Å². The molecular formula is C33H30IrN2OSi-2. The van der Waals surface area contributed by atoms with Gasteiger partial charge in [0.05, 0.1) is 14.3 Å². The smallest absolute Gasteiger partial charge is 0.151 e. The van der Waals surface area contributed by atoms with Gasteiger partial charge in [-0.15, -0.1) is 71.3 Å². The molecule has 0 aliphatic carbocycles. The topological polar surface area (TPSA) is 38.9 Å². The Morgan fingerprint density at radius 1 is 0.763 bits per heavy atom. The molecule has 6 aromatic rings. The van der Waals surface area contributed by atoms with Crippen LogP contribution in [0, 0.1) is 25.8 Å². The van der Waals surface area contributed by atoms with Crippen molar-refractivity contribution in [3.63, 3.8) is 0 Å². The number of aromatic nitrogens is 2. The Bertz CT molecular complexity index is 1810. The summed E-state index contributed by atoms with van der Waals surface area (Å²) in [4.78, 5) is 8.82. The van der Waals surface area contributed by atoms with Crippen molar-refractivity contribution in [1.82, 2.24) is 9.97 Å². The molecule has 1 radical (unpaired) electrons. The van der Waals surface area contributed by atoms with E-state index in [4.69, 9.17) is 17.6 Å². The molecule has 0 amide bonds. The first-order valence-electron chi connectivity index (χ1n) is 15.0. The average Bonchev–Trinajstić information content (AvgIpc) is 3.35. The van der Waals surface area contributed by atoms with Crippen molar-refractivity contribution < 1.29 is 32.7 Å². The third-order valence-electron chi connectivity index (χ3n) is 5.99. The van der Waals surface area contributed by atoms with Gasteiger partial charge in [-0.1, -0.05) is 62.0 Å². The third-order valence-corrected chi connectivity index (χ3v) is 7.97. The maximum absolute atomic E-state index is 7.28. The van der Waals surface area contributed by atoms with Gasteiger partial charge >= 0.3 is 0 Å². The maximum atomic E-state index is 7.28. The number of nitrogens with zero attached hydrogens (tertiary/aromatic N) is 2. The number of rotatable bonds is 3. The van der Waals surface area contributed by atoms with Gasteiger partial charge in [-0.3, -0.25) is 0 Å². The predicted molar refractivity (Wildman–Crippen MR) is 157 cm³/mol. The Morgan fingerprint density at radius 2 is 1.55 bits per heavy atom. The number of pyridine rings is 2. The van der Waals surface area contributed by atoms with Crippen molar-refractivity contribution in [2.45, 2.75) is 33.3 Å². The van der Waals surface area contributed by atoms with Crippen LogP contribution in [-0.4, -0.2) is 18.0 Å². The van der Waals surface area contributed by atoms with Gasteiger partial charge in [-0.05, 0) is 29.9 Å². The molecule has 3 nitrogen and oxygen atoms in total. The normalized spacial score (nSPS) is 14.1. The van der Waals surface area contributed by atoms with Crippen LogP contribution in [0.4, 0.5) is 0 Å². The SMILES string of the molecule is C[Si](C)(C)c1c(-c2[c-]cccc2)ncc2oc3ccccc3c12.[2H]C([2H])([2H])c1c[c-]c(-c2ccc(C([2H])([2H])[2H])cn2)cc1.[Ir]. The molecule has 0 bridgehead atoms. The van der Waals surface area contributed by atoms with Crippen molar-refractivity contribution in [3.8, 4) is 22.5 Å². The Balaban J connectivity index is 0.000000199. The molecular weight excluding hydrogens is 661 g/mol. The van der Waals surface area contributed by atoms with E-state index in [1.165, 1.54) is 40.4 Å². The van der Waals surface area contributed by atoms with Crippen molar-refractivity contribution in [3.05, 3.63) is 115 Å². The molecule has 0 saturated heterocycles. The predicted octanol–water partition coefficient (Wildman–Crippen LogP) is 8.16. The summed E-state index contributed by atoms with van der Waals surface area (Å²) in [6, 6.07) is 30.1. The molecule has 0 aliphatic rings. The molecule has 3 heterocycles. The molecule has 0 saturated carbocycles. The first kappa shape index (κ1) is 20.6. The van der Waals surface area contributed by atoms with E-state index in [2.05, 4.69) is 55.0 Å². The summed E-state index contributed by atoms with van der Waals surface area (Å²) in [7, 11) is -1.65. The molecule has 38 heavy (non-hydrogen) atoms. The Kier molecular flexibility index (Phi) is 6.26. The number of benzene rings is 3. The first-order valence-corrected chi connectivity index (χ1v) is 15.5. The molecule has 0 aliphatic heterocycles. The second kappa shape index (κ2) is 11.6. The van der Waals surface area contributed by atoms with Crippen LogP contribution < -0.4 is 5.19 Å². The largest absolute Gasteiger partial charge is 0.455 e. The fourth-order valence-corrected chi connectivity index (χ4v) is 6.25. The van der Waals surface area contributed by atoms with Crippen LogP contribution in [-0.2, 0) is 20.1 Å². The number of hydrogen-bond donors (Lipinski definition) is 0. The van der Waals surface area contributed by atoms with Gasteiger partial charge in [-0.2, -0.15) is 0 Å². The van der Waals surface area contributed by atoms with E-state index >= 15 is 0 Å². The molecule has 0 spiro atoms. The van der Waals surface area contributed by atoms with Crippen LogP contribution >= 0.6 is 0 Å². The van der Waals surface area contributed by atoms with Gasteiger partial charge in [0.1, 0.15) is 5.58 Å². The van der Waals surface area contributed by atoms with E-state index in [1.807, 2.05) is 36.5 Å². The summed E-state index contributed by atoms with van der Waals surface area (Å²) in [5.74, 6) is 0. The van der Waals surface area contributed by atoms with Crippen LogP contribution in [0.5, 0.6) is 0 Å². The monoisotopic (exact) mass is 697 g/mol. The molecule has 5 heteroatoms. The number of aryl methyl sites for hydroxylation is 2. The van der Waals surface area contributed by atoms with Crippen molar-refractivity contribution in [1.29, 1.82) is 0 Å². The summed E-state index contributed by atoms with van der Waals surface area (Å²) in [5.41, 5.74) is 5.45. The zero-order valence-electron chi connectivity index (χ0n) is 27.3. The minimum atomic E-state index is -2.18. The summed E-state index contributed by atoms with van der Waals surface area (Å²) in [6.07, 6.45) is 3.16. The zero-order chi connectivity index (χ0) is 31.0. The molecule has 6 rings (SSSR count). The van der Waals surface area contributed by atoms with Crippen LogP contribution in [0.15, 0.2) is 95.7 Å². The van der Waals surface area contributed by atoms with E-state index in [1.54, 1.807) is 12.1 Å². The first-order chi connectivity index (χ1) is 20.2. The van der Waals surface area contributed by atoms with E-state index in [-0.39, 0.29) is 31.2 Å². The van der Waals surface area contributed by atoms with Crippen molar-refractivity contribution >= 4 is 35.2 Å². The van der Waals surface area contributed by atoms with E-state index in [9.17, 15) is 0 Å². The van der Waals surface area contributed by atoms with Gasteiger partial charge in [0, 0.05) is 45.3 Å². The molecule has 3 aromatic carbocycles. The maximum Gasteiger partial charge on any atom is 0.151 e. The second-order valence-electron chi connectivity index (χ2n) is 9.77. The van der Waals surface area contributed by atoms with Crippen LogP contribution in [0.2, 0.25) is 19.6 Å². The van der Waals surface area contributed by atoms with Crippen LogP contribution in [0.1, 0.15) is 19.4 Å². The van der Waals surface area contributed by atoms with Crippen LogP contribution in [0.3, 0.4) is 0 Å². The number of furan rings is 1. The number of hydrogen-bond acceptors (Lipinski definition) is 3. The van der Waals surface area contributed by atoms with Crippen molar-refractivity contribution in [2.24, 2.45) is 0 Å². The summed E-state index contributed by atoms with van der Waals surface area (Å²) in [6.45, 7) is 2.74. The summed E-state index contributed by atoms with van der Waals surface area (Å²) in [5, 5.41) is 3.75. The zero-order valence-corrected chi connectivity index (χ0v) is 24.7. The van der Waals surface area contributed by atoms with Gasteiger partial charge < -0.3 is 14.4 Å². The van der Waals surface area contributed by atoms with E-state index in [0.29, 0.717) is 11.3 Å². The molecule has 0 unspecified atom stereocenters. The molecule has 3 aromatic heterocycles. The fourth-order valence-electron chi connectivity index (χ4n) is 4.33. The minimum absolute atomic E-state index is 0. The van der Waals surface area contributed by atoms with Gasteiger partial charge in [0.25, 0.3) is 0 Å². The number of para-hydroxylation sites is 1. The fraction of sp³-hybridized carbons (Fsp3) is 0.152. The molecule has 0 atom stereocenters. The van der Waals surface area contributed by atoms with Gasteiger partial charge in [-0.25, -0.2) is 0 Å². The Labute approximate surface area is 247 Å². The van der Waals surface area contributed by atoms with Crippen molar-refractivity contribution in [2.75, 3.05) is 0 Å². The van der Waals surface area contributed by atoms with Crippen LogP contribution in [0.25, 0.3) is 44.5 Å². The average molecular weight is 697 g/mol. The molecule has 0 fully saturated rings. The Hall–Kier alpha value is -3.37. The molecule has 0 N–H and O–H groups in total. The third kappa shape index (κ3) is 5.86. The summed E-state index contributed by atoms with van der Waals surface area (Å²) < 4.78 is 49.7. The Morgan fingerprint density at radius 3 is 2.21 bits per heavy atom. The van der Waals surface area contributed by atoms with E-state index < -0.39 is 21.8 Å². The van der Waals surface area contributed by atoms with Gasteiger partial charge in [0.15, 0.2) is 5.58 Å². The summed E-state index contributed by atoms with van der Waals surface area (Å²) >= 11 is 0. The minimum Gasteiger partial charge on any atom is -0.455 e. The molecule has 193 valence electrons. The number of fused-ring (bicyclic) bond motifs is 3. The standard InChI is InChI=1S/C20H18NOSi.C13H12N.Ir/c1-23(2,3)20-18-15-11-7-8-12-16(15)22-17(18)13-21-19(20)14-9-5-4-6-10-14;1-10-3-6-12(7-4-10)13-8-5-11(2)9-14-13;/h4-9,11-13H,1-3H3;3-6,8-9H,1-2H3;/q2*-1;/i;1D3,2D3;. The van der Waals surface area contributed by atoms with Gasteiger partial charge in [0.2, 0.25) is 0 Å².